The number of carbonyl (C=O) groups excluding carboxylic acids is 2. The molecule has 1 aliphatic rings. The van der Waals surface area contributed by atoms with Crippen molar-refractivity contribution in [2.75, 3.05) is 16.8 Å². The van der Waals surface area contributed by atoms with E-state index < -0.39 is 0 Å². The van der Waals surface area contributed by atoms with Crippen LogP contribution in [-0.2, 0) is 9.59 Å². The predicted octanol–water partition coefficient (Wildman–Crippen LogP) is 5.88. The summed E-state index contributed by atoms with van der Waals surface area (Å²) in [4.78, 5) is 31.9. The van der Waals surface area contributed by atoms with Crippen LogP contribution in [0.4, 0.5) is 11.4 Å². The van der Waals surface area contributed by atoms with Gasteiger partial charge in [0, 0.05) is 29.9 Å². The first-order chi connectivity index (χ1) is 15.9. The fraction of sp³-hybridized carbons (Fsp3) is 0.222. The number of anilines is 2. The number of nitrogens with one attached hydrogen (secondary N) is 1. The molecule has 1 atom stereocenters. The summed E-state index contributed by atoms with van der Waals surface area (Å²) in [5.41, 5.74) is 7.03. The van der Waals surface area contributed by atoms with Gasteiger partial charge in [-0.1, -0.05) is 12.1 Å². The number of fused-ring (bicyclic) bond motifs is 1. The second-order valence-corrected chi connectivity index (χ2v) is 9.84. The highest BCUT2D eigenvalue weighted by molar-refractivity contribution is 7.21. The monoisotopic (exact) mass is 455 g/mol. The maximum Gasteiger partial charge on any atom is 0.229 e. The predicted molar refractivity (Wildman–Crippen MR) is 135 cm³/mol. The molecule has 5 nitrogen and oxygen atoms in total. The van der Waals surface area contributed by atoms with Crippen LogP contribution >= 0.6 is 11.3 Å². The second-order valence-electron chi connectivity index (χ2n) is 8.81. The normalized spacial score (nSPS) is 15.9. The van der Waals surface area contributed by atoms with E-state index in [0.717, 1.165) is 38.6 Å². The Morgan fingerprint density at radius 2 is 1.70 bits per heavy atom. The Hall–Kier alpha value is -3.51. The number of aryl methyl sites for hydroxylation is 3. The highest BCUT2D eigenvalue weighted by Gasteiger charge is 2.35. The van der Waals surface area contributed by atoms with Crippen molar-refractivity contribution >= 4 is 44.7 Å². The molecule has 0 saturated carbocycles. The van der Waals surface area contributed by atoms with E-state index >= 15 is 0 Å². The molecule has 4 aromatic rings. The molecule has 1 N–H and O–H groups in total. The molecule has 0 bridgehead atoms. The molecular formula is C27H25N3O2S. The minimum Gasteiger partial charge on any atom is -0.326 e. The van der Waals surface area contributed by atoms with Gasteiger partial charge in [-0.25, -0.2) is 4.98 Å². The van der Waals surface area contributed by atoms with Crippen molar-refractivity contribution in [3.8, 4) is 10.6 Å². The number of amides is 2. The summed E-state index contributed by atoms with van der Waals surface area (Å²) in [7, 11) is 0. The number of carbonyl (C=O) groups is 2. The zero-order valence-corrected chi connectivity index (χ0v) is 19.7. The molecule has 166 valence electrons. The van der Waals surface area contributed by atoms with Crippen LogP contribution in [-0.4, -0.2) is 23.3 Å². The number of aromatic nitrogens is 1. The van der Waals surface area contributed by atoms with Crippen molar-refractivity contribution in [2.24, 2.45) is 5.92 Å². The third-order valence-electron chi connectivity index (χ3n) is 5.96. The molecule has 0 radical (unpaired) electrons. The van der Waals surface area contributed by atoms with Crippen LogP contribution in [0.25, 0.3) is 20.8 Å². The van der Waals surface area contributed by atoms with Gasteiger partial charge in [-0.05, 0) is 86.0 Å². The molecule has 1 aromatic heterocycles. The molecule has 33 heavy (non-hydrogen) atoms. The Balaban J connectivity index is 1.27. The molecular weight excluding hydrogens is 430 g/mol. The SMILES string of the molecule is Cc1cc(C)cc(N2CC(C(=O)Nc3ccc(-c4nc5ccc(C)cc5s4)cc3)CC2=O)c1. The van der Waals surface area contributed by atoms with Gasteiger partial charge in [0.2, 0.25) is 11.8 Å². The zero-order valence-electron chi connectivity index (χ0n) is 18.9. The number of thiazole rings is 1. The van der Waals surface area contributed by atoms with Crippen molar-refractivity contribution in [3.63, 3.8) is 0 Å². The molecule has 1 aliphatic heterocycles. The smallest absolute Gasteiger partial charge is 0.229 e. The Labute approximate surface area is 197 Å². The maximum atomic E-state index is 12.9. The van der Waals surface area contributed by atoms with Crippen LogP contribution in [0, 0.1) is 26.7 Å². The first-order valence-corrected chi connectivity index (χ1v) is 11.8. The Kier molecular flexibility index (Phi) is 5.46. The molecule has 0 spiro atoms. The molecule has 1 unspecified atom stereocenters. The van der Waals surface area contributed by atoms with Crippen molar-refractivity contribution in [1.82, 2.24) is 4.98 Å². The lowest BCUT2D eigenvalue weighted by Gasteiger charge is -2.18. The number of hydrogen-bond acceptors (Lipinski definition) is 4. The standard InChI is InChI=1S/C27H25N3O2S/c1-16-4-9-23-24(13-16)33-27(29-23)19-5-7-21(8-6-19)28-26(32)20-14-25(31)30(15-20)22-11-17(2)10-18(3)12-22/h4-13,20H,14-15H2,1-3H3,(H,28,32). The Morgan fingerprint density at radius 3 is 2.42 bits per heavy atom. The Morgan fingerprint density at radius 1 is 0.970 bits per heavy atom. The fourth-order valence-electron chi connectivity index (χ4n) is 4.33. The fourth-order valence-corrected chi connectivity index (χ4v) is 5.40. The van der Waals surface area contributed by atoms with Crippen LogP contribution in [0.5, 0.6) is 0 Å². The summed E-state index contributed by atoms with van der Waals surface area (Å²) >= 11 is 1.66. The van der Waals surface area contributed by atoms with Gasteiger partial charge in [-0.2, -0.15) is 0 Å². The molecule has 1 saturated heterocycles. The number of rotatable bonds is 4. The summed E-state index contributed by atoms with van der Waals surface area (Å²) in [5.74, 6) is -0.509. The molecule has 1 fully saturated rings. The van der Waals surface area contributed by atoms with E-state index in [9.17, 15) is 9.59 Å². The van der Waals surface area contributed by atoms with E-state index in [1.165, 1.54) is 10.3 Å². The number of hydrogen-bond donors (Lipinski definition) is 1. The first kappa shape index (κ1) is 21.3. The van der Waals surface area contributed by atoms with Crippen LogP contribution < -0.4 is 10.2 Å². The third-order valence-corrected chi connectivity index (χ3v) is 7.02. The van der Waals surface area contributed by atoms with Crippen LogP contribution in [0.3, 0.4) is 0 Å². The summed E-state index contributed by atoms with van der Waals surface area (Å²) in [6, 6.07) is 20.1. The first-order valence-electron chi connectivity index (χ1n) is 11.0. The minimum absolute atomic E-state index is 0.0124. The van der Waals surface area contributed by atoms with E-state index in [1.54, 1.807) is 16.2 Å². The van der Waals surface area contributed by atoms with Crippen LogP contribution in [0.15, 0.2) is 60.7 Å². The van der Waals surface area contributed by atoms with Gasteiger partial charge in [0.05, 0.1) is 16.1 Å². The summed E-state index contributed by atoms with van der Waals surface area (Å²) in [6.45, 7) is 6.51. The lowest BCUT2D eigenvalue weighted by Crippen LogP contribution is -2.28. The molecule has 2 heterocycles. The highest BCUT2D eigenvalue weighted by Crippen LogP contribution is 2.32. The third kappa shape index (κ3) is 4.39. The van der Waals surface area contributed by atoms with Crippen molar-refractivity contribution in [2.45, 2.75) is 27.2 Å². The van der Waals surface area contributed by atoms with Gasteiger partial charge >= 0.3 is 0 Å². The summed E-state index contributed by atoms with van der Waals surface area (Å²) < 4.78 is 1.17. The largest absolute Gasteiger partial charge is 0.326 e. The van der Waals surface area contributed by atoms with E-state index in [1.807, 2.05) is 56.3 Å². The van der Waals surface area contributed by atoms with E-state index in [2.05, 4.69) is 30.4 Å². The molecule has 5 rings (SSSR count). The zero-order chi connectivity index (χ0) is 23.1. The molecule has 2 amide bonds. The van der Waals surface area contributed by atoms with Crippen molar-refractivity contribution < 1.29 is 9.59 Å². The summed E-state index contributed by atoms with van der Waals surface area (Å²) in [5, 5.41) is 3.93. The van der Waals surface area contributed by atoms with Gasteiger partial charge in [0.1, 0.15) is 5.01 Å². The Bertz CT molecular complexity index is 1350. The lowest BCUT2D eigenvalue weighted by molar-refractivity contribution is -0.122. The lowest BCUT2D eigenvalue weighted by atomic mass is 10.1. The van der Waals surface area contributed by atoms with Gasteiger partial charge in [0.25, 0.3) is 0 Å². The van der Waals surface area contributed by atoms with Crippen molar-refractivity contribution in [1.29, 1.82) is 0 Å². The van der Waals surface area contributed by atoms with E-state index in [4.69, 9.17) is 4.98 Å². The van der Waals surface area contributed by atoms with E-state index in [-0.39, 0.29) is 24.2 Å². The van der Waals surface area contributed by atoms with Crippen LogP contribution in [0.2, 0.25) is 0 Å². The van der Waals surface area contributed by atoms with Gasteiger partial charge < -0.3 is 10.2 Å². The topological polar surface area (TPSA) is 62.3 Å². The molecule has 6 heteroatoms. The highest BCUT2D eigenvalue weighted by atomic mass is 32.1. The van der Waals surface area contributed by atoms with Crippen molar-refractivity contribution in [3.05, 3.63) is 77.4 Å². The molecule has 0 aliphatic carbocycles. The maximum absolute atomic E-state index is 12.9. The molecule has 3 aromatic carbocycles. The number of nitrogens with zero attached hydrogens (tertiary/aromatic N) is 2. The van der Waals surface area contributed by atoms with Crippen LogP contribution in [0.1, 0.15) is 23.1 Å². The quantitative estimate of drug-likeness (QED) is 0.418. The van der Waals surface area contributed by atoms with Gasteiger partial charge in [-0.15, -0.1) is 11.3 Å². The minimum atomic E-state index is -0.370. The summed E-state index contributed by atoms with van der Waals surface area (Å²) in [6.07, 6.45) is 0.224. The second kappa shape index (κ2) is 8.45. The van der Waals surface area contributed by atoms with Gasteiger partial charge in [0.15, 0.2) is 0 Å². The number of benzene rings is 3. The van der Waals surface area contributed by atoms with E-state index in [0.29, 0.717) is 6.54 Å². The average molecular weight is 456 g/mol. The average Bonchev–Trinajstić information content (AvgIpc) is 3.37. The van der Waals surface area contributed by atoms with Gasteiger partial charge in [-0.3, -0.25) is 9.59 Å².